The summed E-state index contributed by atoms with van der Waals surface area (Å²) < 4.78 is 2.17. The number of rotatable bonds is 4. The van der Waals surface area contributed by atoms with E-state index in [-0.39, 0.29) is 0 Å². The van der Waals surface area contributed by atoms with Gasteiger partial charge in [0, 0.05) is 24.2 Å². The monoisotopic (exact) mass is 300 g/mol. The van der Waals surface area contributed by atoms with Crippen molar-refractivity contribution in [3.8, 4) is 0 Å². The Kier molecular flexibility index (Phi) is 4.48. The third kappa shape index (κ3) is 2.88. The van der Waals surface area contributed by atoms with E-state index >= 15 is 0 Å². The number of carbonyl (C=O) groups is 1. The first kappa shape index (κ1) is 15.1. The summed E-state index contributed by atoms with van der Waals surface area (Å²) in [6.45, 7) is 6.11. The molecule has 0 saturated carbocycles. The number of aromatic nitrogens is 1. The molecule has 1 fully saturated rings. The van der Waals surface area contributed by atoms with Gasteiger partial charge in [-0.2, -0.15) is 0 Å². The van der Waals surface area contributed by atoms with Crippen LogP contribution in [0, 0.1) is 0 Å². The number of aryl methyl sites for hydroxylation is 1. The molecule has 2 heterocycles. The zero-order chi connectivity index (χ0) is 15.5. The Morgan fingerprint density at radius 1 is 1.18 bits per heavy atom. The van der Waals surface area contributed by atoms with E-state index in [1.165, 1.54) is 31.4 Å². The van der Waals surface area contributed by atoms with Crippen molar-refractivity contribution < 1.29 is 9.90 Å². The molecule has 0 amide bonds. The summed E-state index contributed by atoms with van der Waals surface area (Å²) in [7, 11) is 0. The Labute approximate surface area is 131 Å². The quantitative estimate of drug-likeness (QED) is 0.935. The molecule has 3 rings (SSSR count). The van der Waals surface area contributed by atoms with Crippen molar-refractivity contribution in [1.29, 1.82) is 0 Å². The first-order valence-corrected chi connectivity index (χ1v) is 8.27. The van der Waals surface area contributed by atoms with Gasteiger partial charge in [-0.15, -0.1) is 0 Å². The maximum absolute atomic E-state index is 11.5. The molecule has 1 saturated heterocycles. The Morgan fingerprint density at radius 3 is 2.55 bits per heavy atom. The van der Waals surface area contributed by atoms with E-state index in [1.807, 2.05) is 12.1 Å². The highest BCUT2D eigenvalue weighted by Gasteiger charge is 2.17. The van der Waals surface area contributed by atoms with Gasteiger partial charge >= 0.3 is 5.97 Å². The maximum atomic E-state index is 11.5. The second kappa shape index (κ2) is 6.53. The Morgan fingerprint density at radius 2 is 1.91 bits per heavy atom. The molecule has 1 aromatic heterocycles. The average Bonchev–Trinajstić information content (AvgIpc) is 2.67. The summed E-state index contributed by atoms with van der Waals surface area (Å²) in [6, 6.07) is 7.71. The zero-order valence-electron chi connectivity index (χ0n) is 13.2. The predicted octanol–water partition coefficient (Wildman–Crippen LogP) is 3.74. The van der Waals surface area contributed by atoms with Crippen molar-refractivity contribution in [2.75, 3.05) is 13.1 Å². The third-order valence-corrected chi connectivity index (χ3v) is 4.64. The molecule has 1 aliphatic heterocycles. The lowest BCUT2D eigenvalue weighted by atomic mass is 10.1. The summed E-state index contributed by atoms with van der Waals surface area (Å²) in [5.74, 6) is -0.847. The van der Waals surface area contributed by atoms with E-state index in [1.54, 1.807) is 6.07 Å². The SMILES string of the molecule is CCn1c(CN2CCCCCC2)cc2cccc(C(=O)O)c21. The number of likely N-dealkylation sites (tertiary alicyclic amines) is 1. The normalized spacial score (nSPS) is 16.8. The second-order valence-corrected chi connectivity index (χ2v) is 6.12. The van der Waals surface area contributed by atoms with E-state index in [9.17, 15) is 9.90 Å². The maximum Gasteiger partial charge on any atom is 0.337 e. The molecule has 2 aromatic rings. The number of para-hydroxylation sites is 1. The molecule has 0 unspecified atom stereocenters. The van der Waals surface area contributed by atoms with E-state index in [0.29, 0.717) is 5.56 Å². The number of carboxylic acids is 1. The van der Waals surface area contributed by atoms with Gasteiger partial charge in [0.1, 0.15) is 0 Å². The highest BCUT2D eigenvalue weighted by Crippen LogP contribution is 2.25. The molecule has 118 valence electrons. The summed E-state index contributed by atoms with van der Waals surface area (Å²) in [5.41, 5.74) is 2.50. The highest BCUT2D eigenvalue weighted by atomic mass is 16.4. The minimum Gasteiger partial charge on any atom is -0.478 e. The van der Waals surface area contributed by atoms with Crippen LogP contribution in [0.25, 0.3) is 10.9 Å². The van der Waals surface area contributed by atoms with E-state index in [0.717, 1.165) is 37.1 Å². The van der Waals surface area contributed by atoms with Crippen LogP contribution >= 0.6 is 0 Å². The highest BCUT2D eigenvalue weighted by molar-refractivity contribution is 6.02. The molecule has 22 heavy (non-hydrogen) atoms. The number of hydrogen-bond acceptors (Lipinski definition) is 2. The van der Waals surface area contributed by atoms with Crippen LogP contribution in [0.5, 0.6) is 0 Å². The molecule has 0 aliphatic carbocycles. The van der Waals surface area contributed by atoms with Crippen LogP contribution in [0.2, 0.25) is 0 Å². The smallest absolute Gasteiger partial charge is 0.337 e. The summed E-state index contributed by atoms with van der Waals surface area (Å²) in [4.78, 5) is 14.0. The zero-order valence-corrected chi connectivity index (χ0v) is 13.2. The van der Waals surface area contributed by atoms with Gasteiger partial charge in [-0.1, -0.05) is 25.0 Å². The average molecular weight is 300 g/mol. The van der Waals surface area contributed by atoms with E-state index < -0.39 is 5.97 Å². The van der Waals surface area contributed by atoms with E-state index in [2.05, 4.69) is 22.5 Å². The fourth-order valence-electron chi connectivity index (χ4n) is 3.57. The van der Waals surface area contributed by atoms with Crippen LogP contribution in [0.4, 0.5) is 0 Å². The van der Waals surface area contributed by atoms with Crippen molar-refractivity contribution in [1.82, 2.24) is 9.47 Å². The van der Waals surface area contributed by atoms with Gasteiger partial charge in [0.25, 0.3) is 0 Å². The lowest BCUT2D eigenvalue weighted by Crippen LogP contribution is -2.25. The van der Waals surface area contributed by atoms with Gasteiger partial charge in [0.15, 0.2) is 0 Å². The lowest BCUT2D eigenvalue weighted by molar-refractivity contribution is 0.0698. The molecular weight excluding hydrogens is 276 g/mol. The molecule has 1 N–H and O–H groups in total. The number of nitrogens with zero attached hydrogens (tertiary/aromatic N) is 2. The summed E-state index contributed by atoms with van der Waals surface area (Å²) in [5, 5.41) is 10.5. The van der Waals surface area contributed by atoms with Crippen LogP contribution in [0.1, 0.15) is 48.7 Å². The molecule has 0 spiro atoms. The van der Waals surface area contributed by atoms with Crippen molar-refractivity contribution in [3.05, 3.63) is 35.5 Å². The number of hydrogen-bond donors (Lipinski definition) is 1. The van der Waals surface area contributed by atoms with Crippen molar-refractivity contribution in [3.63, 3.8) is 0 Å². The number of carboxylic acid groups (broad SMARTS) is 1. The van der Waals surface area contributed by atoms with E-state index in [4.69, 9.17) is 0 Å². The van der Waals surface area contributed by atoms with Gasteiger partial charge in [-0.3, -0.25) is 4.90 Å². The second-order valence-electron chi connectivity index (χ2n) is 6.12. The van der Waals surface area contributed by atoms with Gasteiger partial charge < -0.3 is 9.67 Å². The number of benzene rings is 1. The van der Waals surface area contributed by atoms with Gasteiger partial charge in [0.2, 0.25) is 0 Å². The molecule has 4 nitrogen and oxygen atoms in total. The molecule has 0 atom stereocenters. The lowest BCUT2D eigenvalue weighted by Gasteiger charge is -2.21. The number of aromatic carboxylic acids is 1. The van der Waals surface area contributed by atoms with Crippen LogP contribution < -0.4 is 0 Å². The summed E-state index contributed by atoms with van der Waals surface area (Å²) >= 11 is 0. The summed E-state index contributed by atoms with van der Waals surface area (Å²) in [6.07, 6.45) is 5.20. The molecule has 4 heteroatoms. The standard InChI is InChI=1S/C18H24N2O2/c1-2-20-15(13-19-10-5-3-4-6-11-19)12-14-8-7-9-16(17(14)20)18(21)22/h7-9,12H,2-6,10-11,13H2,1H3,(H,21,22). The molecule has 1 aliphatic rings. The van der Waals surface area contributed by atoms with Crippen LogP contribution in [-0.4, -0.2) is 33.6 Å². The van der Waals surface area contributed by atoms with Crippen LogP contribution in [0.3, 0.4) is 0 Å². The van der Waals surface area contributed by atoms with Crippen molar-refractivity contribution in [2.24, 2.45) is 0 Å². The molecule has 1 aromatic carbocycles. The molecular formula is C18H24N2O2. The van der Waals surface area contributed by atoms with Crippen molar-refractivity contribution >= 4 is 16.9 Å². The first-order chi connectivity index (χ1) is 10.7. The Bertz CT molecular complexity index is 667. The topological polar surface area (TPSA) is 45.5 Å². The fraction of sp³-hybridized carbons (Fsp3) is 0.500. The minimum absolute atomic E-state index is 0.404. The van der Waals surface area contributed by atoms with Crippen LogP contribution in [0.15, 0.2) is 24.3 Å². The minimum atomic E-state index is -0.847. The Balaban J connectivity index is 1.99. The third-order valence-electron chi connectivity index (χ3n) is 4.64. The molecule has 0 bridgehead atoms. The number of fused-ring (bicyclic) bond motifs is 1. The van der Waals surface area contributed by atoms with Crippen molar-refractivity contribution in [2.45, 2.75) is 45.7 Å². The van der Waals surface area contributed by atoms with Crippen LogP contribution in [-0.2, 0) is 13.1 Å². The van der Waals surface area contributed by atoms with Gasteiger partial charge in [-0.05, 0) is 45.0 Å². The fourth-order valence-corrected chi connectivity index (χ4v) is 3.57. The predicted molar refractivity (Wildman–Crippen MR) is 88.3 cm³/mol. The van der Waals surface area contributed by atoms with Gasteiger partial charge in [0.05, 0.1) is 11.1 Å². The first-order valence-electron chi connectivity index (χ1n) is 8.27. The Hall–Kier alpha value is -1.81. The molecule has 0 radical (unpaired) electrons. The largest absolute Gasteiger partial charge is 0.478 e. The van der Waals surface area contributed by atoms with Gasteiger partial charge in [-0.25, -0.2) is 4.79 Å².